The number of nitrogens with one attached hydrogen (secondary N) is 2. The average Bonchev–Trinajstić information content (AvgIpc) is 3.24. The molecule has 31 heavy (non-hydrogen) atoms. The van der Waals surface area contributed by atoms with Gasteiger partial charge in [0.2, 0.25) is 0 Å². The first-order valence-electron chi connectivity index (χ1n) is 10.3. The van der Waals surface area contributed by atoms with E-state index in [1.807, 2.05) is 43.3 Å². The van der Waals surface area contributed by atoms with Crippen LogP contribution in [0.4, 0.5) is 10.2 Å². The number of fused-ring (bicyclic) bond motifs is 1. The summed E-state index contributed by atoms with van der Waals surface area (Å²) in [6, 6.07) is 16.1. The van der Waals surface area contributed by atoms with Gasteiger partial charge in [-0.1, -0.05) is 30.3 Å². The molecule has 2 atom stereocenters. The third-order valence-electron chi connectivity index (χ3n) is 5.93. The van der Waals surface area contributed by atoms with E-state index in [0.29, 0.717) is 36.8 Å². The van der Waals surface area contributed by atoms with Crippen LogP contribution in [0.2, 0.25) is 0 Å². The van der Waals surface area contributed by atoms with Gasteiger partial charge in [-0.3, -0.25) is 5.10 Å². The maximum absolute atomic E-state index is 14.7. The second-order valence-electron chi connectivity index (χ2n) is 7.94. The quantitative estimate of drug-likeness (QED) is 0.472. The van der Waals surface area contributed by atoms with E-state index in [0.717, 1.165) is 10.9 Å². The molecule has 4 aromatic rings. The molecular weight excluding hydrogens is 395 g/mol. The molecule has 0 amide bonds. The van der Waals surface area contributed by atoms with Crippen LogP contribution in [0.3, 0.4) is 0 Å². The van der Waals surface area contributed by atoms with Crippen molar-refractivity contribution in [3.05, 3.63) is 72.2 Å². The molecule has 0 spiro atoms. The molecular formula is C23H23FN6O. The molecule has 8 heteroatoms. The average molecular weight is 418 g/mol. The highest BCUT2D eigenvalue weighted by molar-refractivity contribution is 5.89. The van der Waals surface area contributed by atoms with E-state index in [1.165, 1.54) is 6.07 Å². The van der Waals surface area contributed by atoms with Crippen molar-refractivity contribution in [1.29, 1.82) is 0 Å². The van der Waals surface area contributed by atoms with Crippen LogP contribution in [-0.2, 0) is 5.60 Å². The molecule has 0 saturated carbocycles. The van der Waals surface area contributed by atoms with Crippen LogP contribution in [-0.4, -0.2) is 50.9 Å². The standard InChI is InChI=1S/C23H23FN6O/c1-23(31,15-6-3-2-4-7-15)18-14-30(13-12-25-18)19-10-9-17(24)21(27-19)20-16-8-5-11-26-22(16)29-28-20/h2-11,18,25,31H,12-14H2,1H3,(H,26,28,29)/t18-,23?/m0/s1. The van der Waals surface area contributed by atoms with Crippen molar-refractivity contribution in [2.45, 2.75) is 18.6 Å². The van der Waals surface area contributed by atoms with Crippen molar-refractivity contribution >= 4 is 16.9 Å². The molecule has 1 fully saturated rings. The largest absolute Gasteiger partial charge is 0.384 e. The van der Waals surface area contributed by atoms with E-state index in [2.05, 4.69) is 30.4 Å². The lowest BCUT2D eigenvalue weighted by Crippen LogP contribution is -2.59. The maximum atomic E-state index is 14.7. The van der Waals surface area contributed by atoms with Gasteiger partial charge < -0.3 is 15.3 Å². The monoisotopic (exact) mass is 418 g/mol. The number of H-pyrrole nitrogens is 1. The summed E-state index contributed by atoms with van der Waals surface area (Å²) in [5, 5.41) is 22.4. The van der Waals surface area contributed by atoms with Gasteiger partial charge in [-0.15, -0.1) is 0 Å². The Balaban J connectivity index is 1.46. The summed E-state index contributed by atoms with van der Waals surface area (Å²) in [5.74, 6) is 0.222. The molecule has 1 unspecified atom stereocenters. The summed E-state index contributed by atoms with van der Waals surface area (Å²) in [6.07, 6.45) is 1.65. The topological polar surface area (TPSA) is 90.0 Å². The van der Waals surface area contributed by atoms with E-state index >= 15 is 0 Å². The molecule has 158 valence electrons. The number of aromatic amines is 1. The molecule has 3 N–H and O–H groups in total. The normalized spacial score (nSPS) is 18.8. The molecule has 4 heterocycles. The van der Waals surface area contributed by atoms with Gasteiger partial charge in [-0.2, -0.15) is 5.10 Å². The number of nitrogens with zero attached hydrogens (tertiary/aromatic N) is 4. The van der Waals surface area contributed by atoms with Crippen LogP contribution in [0.25, 0.3) is 22.4 Å². The van der Waals surface area contributed by atoms with E-state index in [9.17, 15) is 9.50 Å². The van der Waals surface area contributed by atoms with E-state index in [-0.39, 0.29) is 11.7 Å². The number of anilines is 1. The summed E-state index contributed by atoms with van der Waals surface area (Å²) in [7, 11) is 0. The lowest BCUT2D eigenvalue weighted by atomic mass is 9.87. The lowest BCUT2D eigenvalue weighted by molar-refractivity contribution is 0.0138. The number of aromatic nitrogens is 4. The molecule has 0 bridgehead atoms. The van der Waals surface area contributed by atoms with E-state index in [1.54, 1.807) is 18.3 Å². The molecule has 5 rings (SSSR count). The Morgan fingerprint density at radius 2 is 1.97 bits per heavy atom. The van der Waals surface area contributed by atoms with Gasteiger partial charge in [0.15, 0.2) is 11.5 Å². The van der Waals surface area contributed by atoms with Crippen molar-refractivity contribution in [1.82, 2.24) is 25.5 Å². The van der Waals surface area contributed by atoms with Crippen molar-refractivity contribution in [2.24, 2.45) is 0 Å². The molecule has 1 aliphatic rings. The summed E-state index contributed by atoms with van der Waals surface area (Å²) < 4.78 is 14.7. The third kappa shape index (κ3) is 3.54. The summed E-state index contributed by atoms with van der Waals surface area (Å²) >= 11 is 0. The summed E-state index contributed by atoms with van der Waals surface area (Å²) in [6.45, 7) is 3.73. The van der Waals surface area contributed by atoms with Crippen LogP contribution >= 0.6 is 0 Å². The molecule has 1 aliphatic heterocycles. The van der Waals surface area contributed by atoms with Gasteiger partial charge >= 0.3 is 0 Å². The first-order valence-corrected chi connectivity index (χ1v) is 10.3. The minimum atomic E-state index is -1.06. The van der Waals surface area contributed by atoms with Crippen molar-refractivity contribution in [3.8, 4) is 11.4 Å². The zero-order valence-electron chi connectivity index (χ0n) is 17.1. The number of piperazine rings is 1. The second-order valence-corrected chi connectivity index (χ2v) is 7.94. The fraction of sp³-hybridized carbons (Fsp3) is 0.261. The first kappa shape index (κ1) is 19.6. The molecule has 1 aromatic carbocycles. The molecule has 1 saturated heterocycles. The summed E-state index contributed by atoms with van der Waals surface area (Å²) in [4.78, 5) is 10.9. The Bertz CT molecular complexity index is 1210. The van der Waals surface area contributed by atoms with E-state index < -0.39 is 11.4 Å². The molecule has 7 nitrogen and oxygen atoms in total. The highest BCUT2D eigenvalue weighted by Gasteiger charge is 2.37. The van der Waals surface area contributed by atoms with Gasteiger partial charge in [0.25, 0.3) is 0 Å². The van der Waals surface area contributed by atoms with Gasteiger partial charge in [0.1, 0.15) is 17.1 Å². The number of rotatable bonds is 4. The number of hydrogen-bond donors (Lipinski definition) is 3. The van der Waals surface area contributed by atoms with Crippen LogP contribution in [0.15, 0.2) is 60.8 Å². The minimum Gasteiger partial charge on any atom is -0.384 e. The smallest absolute Gasteiger partial charge is 0.181 e. The zero-order valence-corrected chi connectivity index (χ0v) is 17.1. The molecule has 0 aliphatic carbocycles. The minimum absolute atomic E-state index is 0.206. The number of aliphatic hydroxyl groups is 1. The second kappa shape index (κ2) is 7.72. The number of benzene rings is 1. The zero-order chi connectivity index (χ0) is 21.4. The Hall–Kier alpha value is -3.36. The fourth-order valence-electron chi connectivity index (χ4n) is 4.13. The predicted molar refractivity (Wildman–Crippen MR) is 117 cm³/mol. The lowest BCUT2D eigenvalue weighted by Gasteiger charge is -2.42. The highest BCUT2D eigenvalue weighted by atomic mass is 19.1. The SMILES string of the molecule is CC(O)(c1ccccc1)[C@@H]1CN(c2ccc(F)c(-c3[nH]nc4ncccc34)n2)CCN1. The van der Waals surface area contributed by atoms with Gasteiger partial charge in [0, 0.05) is 31.2 Å². The molecule has 0 radical (unpaired) electrons. The van der Waals surface area contributed by atoms with Gasteiger partial charge in [-0.05, 0) is 36.8 Å². The molecule has 3 aromatic heterocycles. The number of pyridine rings is 2. The van der Waals surface area contributed by atoms with Crippen LogP contribution in [0.1, 0.15) is 12.5 Å². The number of halogens is 1. The van der Waals surface area contributed by atoms with Gasteiger partial charge in [-0.25, -0.2) is 14.4 Å². The van der Waals surface area contributed by atoms with Crippen LogP contribution in [0.5, 0.6) is 0 Å². The first-order chi connectivity index (χ1) is 15.0. The van der Waals surface area contributed by atoms with Crippen LogP contribution in [0, 0.1) is 5.82 Å². The summed E-state index contributed by atoms with van der Waals surface area (Å²) in [5.41, 5.74) is 1.01. The Kier molecular flexibility index (Phi) is 4.88. The van der Waals surface area contributed by atoms with Crippen molar-refractivity contribution in [3.63, 3.8) is 0 Å². The van der Waals surface area contributed by atoms with Gasteiger partial charge in [0.05, 0.1) is 11.7 Å². The van der Waals surface area contributed by atoms with Crippen molar-refractivity contribution in [2.75, 3.05) is 24.5 Å². The maximum Gasteiger partial charge on any atom is 0.181 e. The fourth-order valence-corrected chi connectivity index (χ4v) is 4.13. The predicted octanol–water partition coefficient (Wildman–Crippen LogP) is 2.84. The highest BCUT2D eigenvalue weighted by Crippen LogP contribution is 2.30. The number of hydrogen-bond acceptors (Lipinski definition) is 6. The Morgan fingerprint density at radius 3 is 2.81 bits per heavy atom. The van der Waals surface area contributed by atoms with Crippen molar-refractivity contribution < 1.29 is 9.50 Å². The Morgan fingerprint density at radius 1 is 1.13 bits per heavy atom. The third-order valence-corrected chi connectivity index (χ3v) is 5.93. The Labute approximate surface area is 179 Å². The van der Waals surface area contributed by atoms with E-state index in [4.69, 9.17) is 0 Å². The van der Waals surface area contributed by atoms with Crippen LogP contribution < -0.4 is 10.2 Å².